The molecule has 1 aromatic rings. The smallest absolute Gasteiger partial charge is 0.311 e. The maximum atomic E-state index is 12.2. The van der Waals surface area contributed by atoms with Crippen LogP contribution >= 0.6 is 0 Å². The third-order valence-electron chi connectivity index (χ3n) is 2.98. The Morgan fingerprint density at radius 2 is 1.67 bits per heavy atom. The number of amides is 1. The molecule has 0 fully saturated rings. The van der Waals surface area contributed by atoms with Crippen molar-refractivity contribution in [3.63, 3.8) is 0 Å². The molecule has 132 valence electrons. The fourth-order valence-electron chi connectivity index (χ4n) is 1.88. The van der Waals surface area contributed by atoms with Crippen molar-refractivity contribution in [2.24, 2.45) is 5.10 Å². The molecule has 1 amide bonds. The molecule has 1 N–H and O–H groups in total. The van der Waals surface area contributed by atoms with Crippen LogP contribution in [0.4, 0.5) is 0 Å². The Morgan fingerprint density at radius 1 is 1.08 bits per heavy atom. The number of nitrogens with zero attached hydrogens (tertiary/aromatic N) is 1. The first kappa shape index (κ1) is 19.3. The molecule has 8 heteroatoms. The highest BCUT2D eigenvalue weighted by atomic mass is 16.5. The summed E-state index contributed by atoms with van der Waals surface area (Å²) in [6.45, 7) is 3.63. The summed E-state index contributed by atoms with van der Waals surface area (Å²) in [5.41, 5.74) is 3.08. The van der Waals surface area contributed by atoms with Gasteiger partial charge in [-0.05, 0) is 26.0 Å². The number of carbonyl (C=O) groups excluding carboxylic acids is 2. The van der Waals surface area contributed by atoms with Gasteiger partial charge in [0.15, 0.2) is 11.5 Å². The quantitative estimate of drug-likeness (QED) is 0.441. The van der Waals surface area contributed by atoms with Gasteiger partial charge in [0, 0.05) is 11.3 Å². The number of nitrogens with one attached hydrogen (secondary N) is 1. The van der Waals surface area contributed by atoms with Crippen molar-refractivity contribution in [3.05, 3.63) is 17.7 Å². The van der Waals surface area contributed by atoms with E-state index in [9.17, 15) is 9.59 Å². The SMILES string of the molecule is CCOC(=O)CC(C)=NNC(=O)c1cc(OC)c(OC)c(OC)c1. The lowest BCUT2D eigenvalue weighted by atomic mass is 10.1. The van der Waals surface area contributed by atoms with E-state index in [0.717, 1.165) is 0 Å². The third-order valence-corrected chi connectivity index (χ3v) is 2.98. The molecule has 0 spiro atoms. The Kier molecular flexibility index (Phi) is 7.54. The third kappa shape index (κ3) is 5.15. The van der Waals surface area contributed by atoms with Crippen molar-refractivity contribution in [3.8, 4) is 17.2 Å². The number of hydrogen-bond acceptors (Lipinski definition) is 7. The van der Waals surface area contributed by atoms with Crippen LogP contribution in [0.3, 0.4) is 0 Å². The first-order chi connectivity index (χ1) is 11.5. The number of esters is 1. The normalized spacial score (nSPS) is 10.8. The van der Waals surface area contributed by atoms with Crippen molar-refractivity contribution in [2.45, 2.75) is 20.3 Å². The lowest BCUT2D eigenvalue weighted by molar-refractivity contribution is -0.141. The molecule has 0 aliphatic carbocycles. The lowest BCUT2D eigenvalue weighted by Crippen LogP contribution is -2.20. The van der Waals surface area contributed by atoms with Crippen LogP contribution in [0.1, 0.15) is 30.6 Å². The molecule has 0 aromatic heterocycles. The molecule has 0 atom stereocenters. The average Bonchev–Trinajstić information content (AvgIpc) is 2.58. The highest BCUT2D eigenvalue weighted by Gasteiger charge is 2.17. The van der Waals surface area contributed by atoms with Gasteiger partial charge in [-0.1, -0.05) is 0 Å². The minimum absolute atomic E-state index is 0.00335. The molecule has 0 aliphatic rings. The molecule has 8 nitrogen and oxygen atoms in total. The standard InChI is InChI=1S/C16H22N2O6/c1-6-24-14(19)7-10(2)17-18-16(20)11-8-12(21-3)15(23-5)13(9-11)22-4/h8-9H,6-7H2,1-5H3,(H,18,20). The molecule has 0 saturated heterocycles. The van der Waals surface area contributed by atoms with Crippen molar-refractivity contribution >= 4 is 17.6 Å². The molecule has 1 rings (SSSR count). The first-order valence-corrected chi connectivity index (χ1v) is 7.25. The summed E-state index contributed by atoms with van der Waals surface area (Å²) < 4.78 is 20.4. The Morgan fingerprint density at radius 3 is 2.12 bits per heavy atom. The van der Waals surface area contributed by atoms with E-state index in [1.807, 2.05) is 0 Å². The van der Waals surface area contributed by atoms with E-state index < -0.39 is 11.9 Å². The maximum absolute atomic E-state index is 12.2. The second kappa shape index (κ2) is 9.39. The van der Waals surface area contributed by atoms with E-state index in [4.69, 9.17) is 18.9 Å². The van der Waals surface area contributed by atoms with Crippen molar-refractivity contribution in [1.29, 1.82) is 0 Å². The summed E-state index contributed by atoms with van der Waals surface area (Å²) in [5, 5.41) is 3.88. The molecular weight excluding hydrogens is 316 g/mol. The Hall–Kier alpha value is -2.77. The largest absolute Gasteiger partial charge is 0.493 e. The van der Waals surface area contributed by atoms with Crippen LogP contribution in [0, 0.1) is 0 Å². The number of ether oxygens (including phenoxy) is 4. The van der Waals surface area contributed by atoms with Gasteiger partial charge in [-0.25, -0.2) is 5.43 Å². The van der Waals surface area contributed by atoms with E-state index in [-0.39, 0.29) is 12.0 Å². The summed E-state index contributed by atoms with van der Waals surface area (Å²) >= 11 is 0. The summed E-state index contributed by atoms with van der Waals surface area (Å²) in [7, 11) is 4.39. The van der Waals surface area contributed by atoms with Gasteiger partial charge in [0.05, 0.1) is 34.4 Å². The molecule has 24 heavy (non-hydrogen) atoms. The van der Waals surface area contributed by atoms with Crippen LogP contribution in [-0.2, 0) is 9.53 Å². The number of rotatable bonds is 8. The molecule has 0 heterocycles. The van der Waals surface area contributed by atoms with Gasteiger partial charge in [-0.2, -0.15) is 5.10 Å². The van der Waals surface area contributed by atoms with Gasteiger partial charge >= 0.3 is 5.97 Å². The van der Waals surface area contributed by atoms with E-state index in [0.29, 0.717) is 29.6 Å². The zero-order valence-corrected chi connectivity index (χ0v) is 14.5. The van der Waals surface area contributed by atoms with Crippen LogP contribution in [0.2, 0.25) is 0 Å². The van der Waals surface area contributed by atoms with Crippen LogP contribution in [-0.4, -0.2) is 45.5 Å². The Labute approximate surface area is 140 Å². The number of hydrogen-bond donors (Lipinski definition) is 1. The van der Waals surface area contributed by atoms with Crippen molar-refractivity contribution in [1.82, 2.24) is 5.43 Å². The monoisotopic (exact) mass is 338 g/mol. The fraction of sp³-hybridized carbons (Fsp3) is 0.438. The van der Waals surface area contributed by atoms with Gasteiger partial charge in [0.2, 0.25) is 5.75 Å². The topological polar surface area (TPSA) is 95.5 Å². The highest BCUT2D eigenvalue weighted by molar-refractivity contribution is 6.00. The van der Waals surface area contributed by atoms with Gasteiger partial charge in [-0.15, -0.1) is 0 Å². The van der Waals surface area contributed by atoms with Crippen molar-refractivity contribution < 1.29 is 28.5 Å². The second-order valence-electron chi connectivity index (χ2n) is 4.68. The predicted octanol–water partition coefficient (Wildman–Crippen LogP) is 1.77. The van der Waals surface area contributed by atoms with Gasteiger partial charge in [-0.3, -0.25) is 9.59 Å². The molecular formula is C16H22N2O6. The number of hydrazone groups is 1. The molecule has 0 bridgehead atoms. The fourth-order valence-corrected chi connectivity index (χ4v) is 1.88. The van der Waals surface area contributed by atoms with E-state index in [1.165, 1.54) is 33.5 Å². The first-order valence-electron chi connectivity index (χ1n) is 7.25. The van der Waals surface area contributed by atoms with Crippen LogP contribution < -0.4 is 19.6 Å². The molecule has 0 aliphatic heterocycles. The summed E-state index contributed by atoms with van der Waals surface area (Å²) in [6, 6.07) is 3.01. The van der Waals surface area contributed by atoms with Gasteiger partial charge in [0.25, 0.3) is 5.91 Å². The zero-order valence-electron chi connectivity index (χ0n) is 14.5. The Balaban J connectivity index is 2.90. The molecule has 1 aromatic carbocycles. The number of benzene rings is 1. The number of methoxy groups -OCH3 is 3. The van der Waals surface area contributed by atoms with Gasteiger partial charge < -0.3 is 18.9 Å². The lowest BCUT2D eigenvalue weighted by Gasteiger charge is -2.13. The summed E-state index contributed by atoms with van der Waals surface area (Å²) in [5.74, 6) is 0.222. The van der Waals surface area contributed by atoms with Crippen molar-refractivity contribution in [2.75, 3.05) is 27.9 Å². The van der Waals surface area contributed by atoms with E-state index in [1.54, 1.807) is 13.8 Å². The van der Waals surface area contributed by atoms with E-state index in [2.05, 4.69) is 10.5 Å². The maximum Gasteiger partial charge on any atom is 0.311 e. The second-order valence-corrected chi connectivity index (χ2v) is 4.68. The summed E-state index contributed by atoms with van der Waals surface area (Å²) in [6.07, 6.45) is 0.00335. The summed E-state index contributed by atoms with van der Waals surface area (Å²) in [4.78, 5) is 23.6. The Bertz CT molecular complexity index is 602. The zero-order chi connectivity index (χ0) is 18.1. The van der Waals surface area contributed by atoms with Gasteiger partial charge in [0.1, 0.15) is 0 Å². The van der Waals surface area contributed by atoms with Crippen LogP contribution in [0.15, 0.2) is 17.2 Å². The number of carbonyl (C=O) groups is 2. The van der Waals surface area contributed by atoms with Crippen LogP contribution in [0.5, 0.6) is 17.2 Å². The minimum atomic E-state index is -0.475. The molecule has 0 unspecified atom stereocenters. The average molecular weight is 338 g/mol. The highest BCUT2D eigenvalue weighted by Crippen LogP contribution is 2.38. The molecule has 0 radical (unpaired) electrons. The van der Waals surface area contributed by atoms with Crippen LogP contribution in [0.25, 0.3) is 0 Å². The predicted molar refractivity (Wildman–Crippen MR) is 87.9 cm³/mol. The van der Waals surface area contributed by atoms with E-state index >= 15 is 0 Å². The molecule has 0 saturated carbocycles. The minimum Gasteiger partial charge on any atom is -0.493 e.